The maximum Gasteiger partial charge on any atom is 0.410 e. The molecule has 4 heteroatoms. The Morgan fingerprint density at radius 2 is 2.04 bits per heavy atom. The Labute approximate surface area is 137 Å². The number of nitrogens with one attached hydrogen (secondary N) is 1. The van der Waals surface area contributed by atoms with Crippen molar-refractivity contribution >= 4 is 17.0 Å². The molecular weight excluding hydrogens is 288 g/mol. The third kappa shape index (κ3) is 3.36. The SMILES string of the molecule is Cc1c(C2CCCN(C(=O)OC(C)(C)C)C2)[nH]c2ccccc12. The second kappa shape index (κ2) is 5.91. The molecule has 1 atom stereocenters. The number of aromatic nitrogens is 1. The summed E-state index contributed by atoms with van der Waals surface area (Å²) in [7, 11) is 0. The highest BCUT2D eigenvalue weighted by molar-refractivity contribution is 5.84. The van der Waals surface area contributed by atoms with E-state index in [0.717, 1.165) is 25.9 Å². The van der Waals surface area contributed by atoms with Crippen LogP contribution in [0, 0.1) is 6.92 Å². The first-order chi connectivity index (χ1) is 10.8. The average molecular weight is 314 g/mol. The van der Waals surface area contributed by atoms with Gasteiger partial charge in [0.05, 0.1) is 0 Å². The summed E-state index contributed by atoms with van der Waals surface area (Å²) in [6, 6.07) is 8.39. The standard InChI is InChI=1S/C19H26N2O2/c1-13-15-9-5-6-10-16(15)20-17(13)14-8-7-11-21(12-14)18(22)23-19(2,3)4/h5-6,9-10,14,20H,7-8,11-12H2,1-4H3. The Balaban J connectivity index is 1.80. The number of para-hydroxylation sites is 1. The molecule has 0 aliphatic carbocycles. The molecule has 0 bridgehead atoms. The van der Waals surface area contributed by atoms with Gasteiger partial charge in [-0.3, -0.25) is 0 Å². The van der Waals surface area contributed by atoms with Crippen LogP contribution in [0.4, 0.5) is 4.79 Å². The number of H-pyrrole nitrogens is 1. The Morgan fingerprint density at radius 3 is 2.74 bits per heavy atom. The fourth-order valence-electron chi connectivity index (χ4n) is 3.42. The fraction of sp³-hybridized carbons (Fsp3) is 0.526. The Morgan fingerprint density at radius 1 is 1.30 bits per heavy atom. The zero-order valence-electron chi connectivity index (χ0n) is 14.5. The minimum absolute atomic E-state index is 0.198. The van der Waals surface area contributed by atoms with Gasteiger partial charge >= 0.3 is 6.09 Å². The van der Waals surface area contributed by atoms with Crippen molar-refractivity contribution in [2.24, 2.45) is 0 Å². The predicted molar refractivity (Wildman–Crippen MR) is 92.8 cm³/mol. The van der Waals surface area contributed by atoms with Crippen molar-refractivity contribution in [1.82, 2.24) is 9.88 Å². The maximum atomic E-state index is 12.3. The van der Waals surface area contributed by atoms with E-state index in [1.54, 1.807) is 0 Å². The van der Waals surface area contributed by atoms with E-state index in [1.165, 1.54) is 22.2 Å². The molecular formula is C19H26N2O2. The van der Waals surface area contributed by atoms with Gasteiger partial charge in [-0.2, -0.15) is 0 Å². The minimum atomic E-state index is -0.443. The third-order valence-corrected chi connectivity index (χ3v) is 4.49. The highest BCUT2D eigenvalue weighted by Gasteiger charge is 2.29. The molecule has 1 N–H and O–H groups in total. The number of amides is 1. The first-order valence-corrected chi connectivity index (χ1v) is 8.40. The number of carbonyl (C=O) groups is 1. The van der Waals surface area contributed by atoms with Crippen LogP contribution in [-0.4, -0.2) is 34.7 Å². The second-order valence-corrected chi connectivity index (χ2v) is 7.47. The zero-order chi connectivity index (χ0) is 16.6. The van der Waals surface area contributed by atoms with Crippen molar-refractivity contribution in [2.75, 3.05) is 13.1 Å². The smallest absolute Gasteiger partial charge is 0.410 e. The summed E-state index contributed by atoms with van der Waals surface area (Å²) in [5.41, 5.74) is 3.30. The number of hydrogen-bond acceptors (Lipinski definition) is 2. The van der Waals surface area contributed by atoms with Gasteiger partial charge < -0.3 is 14.6 Å². The molecule has 3 rings (SSSR count). The fourth-order valence-corrected chi connectivity index (χ4v) is 3.42. The number of benzene rings is 1. The molecule has 124 valence electrons. The highest BCUT2D eigenvalue weighted by Crippen LogP contribution is 2.32. The summed E-state index contributed by atoms with van der Waals surface area (Å²) in [5, 5.41) is 1.27. The number of ether oxygens (including phenoxy) is 1. The summed E-state index contributed by atoms with van der Waals surface area (Å²) in [5.74, 6) is 0.351. The topological polar surface area (TPSA) is 45.3 Å². The second-order valence-electron chi connectivity index (χ2n) is 7.47. The molecule has 1 aliphatic heterocycles. The van der Waals surface area contributed by atoms with E-state index in [4.69, 9.17) is 4.74 Å². The molecule has 1 saturated heterocycles. The van der Waals surface area contributed by atoms with Crippen molar-refractivity contribution in [2.45, 2.75) is 52.1 Å². The van der Waals surface area contributed by atoms with Gasteiger partial charge in [0.1, 0.15) is 5.60 Å². The van der Waals surface area contributed by atoms with Crippen LogP contribution in [-0.2, 0) is 4.74 Å². The molecule has 1 amide bonds. The number of hydrogen-bond donors (Lipinski definition) is 1. The molecule has 1 aliphatic rings. The first-order valence-electron chi connectivity index (χ1n) is 8.40. The minimum Gasteiger partial charge on any atom is -0.444 e. The number of likely N-dealkylation sites (tertiary alicyclic amines) is 1. The van der Waals surface area contributed by atoms with Gasteiger partial charge in [-0.1, -0.05) is 18.2 Å². The monoisotopic (exact) mass is 314 g/mol. The van der Waals surface area contributed by atoms with Crippen molar-refractivity contribution in [1.29, 1.82) is 0 Å². The molecule has 2 heterocycles. The van der Waals surface area contributed by atoms with Crippen molar-refractivity contribution in [3.63, 3.8) is 0 Å². The van der Waals surface area contributed by atoms with E-state index in [9.17, 15) is 4.79 Å². The van der Waals surface area contributed by atoms with Crippen LogP contribution in [0.2, 0.25) is 0 Å². The van der Waals surface area contributed by atoms with Gasteiger partial charge in [-0.05, 0) is 52.2 Å². The molecule has 23 heavy (non-hydrogen) atoms. The third-order valence-electron chi connectivity index (χ3n) is 4.49. The molecule has 1 aromatic heterocycles. The molecule has 4 nitrogen and oxygen atoms in total. The summed E-state index contributed by atoms with van der Waals surface area (Å²) in [6.07, 6.45) is 1.92. The number of nitrogens with zero attached hydrogens (tertiary/aromatic N) is 1. The average Bonchev–Trinajstić information content (AvgIpc) is 2.83. The first kappa shape index (κ1) is 15.9. The number of rotatable bonds is 1. The lowest BCUT2D eigenvalue weighted by Gasteiger charge is -2.34. The van der Waals surface area contributed by atoms with E-state index in [1.807, 2.05) is 25.7 Å². The van der Waals surface area contributed by atoms with Crippen molar-refractivity contribution in [3.05, 3.63) is 35.5 Å². The van der Waals surface area contributed by atoms with Gasteiger partial charge in [0.25, 0.3) is 0 Å². The van der Waals surface area contributed by atoms with Crippen LogP contribution in [0.15, 0.2) is 24.3 Å². The van der Waals surface area contributed by atoms with Gasteiger partial charge in [0.2, 0.25) is 0 Å². The maximum absolute atomic E-state index is 12.3. The van der Waals surface area contributed by atoms with Crippen molar-refractivity contribution in [3.8, 4) is 0 Å². The van der Waals surface area contributed by atoms with Crippen LogP contribution in [0.1, 0.15) is 50.8 Å². The van der Waals surface area contributed by atoms with Crippen molar-refractivity contribution < 1.29 is 9.53 Å². The molecule has 1 fully saturated rings. The van der Waals surface area contributed by atoms with Crippen LogP contribution in [0.3, 0.4) is 0 Å². The zero-order valence-corrected chi connectivity index (χ0v) is 14.5. The van der Waals surface area contributed by atoms with Crippen LogP contribution in [0.25, 0.3) is 10.9 Å². The van der Waals surface area contributed by atoms with E-state index >= 15 is 0 Å². The summed E-state index contributed by atoms with van der Waals surface area (Å²) < 4.78 is 5.53. The quantitative estimate of drug-likeness (QED) is 0.836. The number of aromatic amines is 1. The van der Waals surface area contributed by atoms with Crippen LogP contribution in [0.5, 0.6) is 0 Å². The lowest BCUT2D eigenvalue weighted by Crippen LogP contribution is -2.42. The van der Waals surface area contributed by atoms with E-state index in [-0.39, 0.29) is 6.09 Å². The van der Waals surface area contributed by atoms with E-state index in [2.05, 4.69) is 36.2 Å². The number of piperidine rings is 1. The lowest BCUT2D eigenvalue weighted by molar-refractivity contribution is 0.0197. The molecule has 0 radical (unpaired) electrons. The molecule has 1 aromatic carbocycles. The summed E-state index contributed by atoms with van der Waals surface area (Å²) in [4.78, 5) is 17.8. The largest absolute Gasteiger partial charge is 0.444 e. The number of aryl methyl sites for hydroxylation is 1. The Kier molecular flexibility index (Phi) is 4.09. The van der Waals surface area contributed by atoms with Gasteiger partial charge in [0, 0.05) is 35.6 Å². The highest BCUT2D eigenvalue weighted by atomic mass is 16.6. The van der Waals surface area contributed by atoms with Gasteiger partial charge in [-0.25, -0.2) is 4.79 Å². The van der Waals surface area contributed by atoms with E-state index < -0.39 is 5.60 Å². The number of fused-ring (bicyclic) bond motifs is 1. The Bertz CT molecular complexity index is 712. The predicted octanol–water partition coefficient (Wildman–Crippen LogP) is 4.59. The molecule has 2 aromatic rings. The number of carbonyl (C=O) groups excluding carboxylic acids is 1. The summed E-state index contributed by atoms with van der Waals surface area (Å²) >= 11 is 0. The lowest BCUT2D eigenvalue weighted by atomic mass is 9.92. The van der Waals surface area contributed by atoms with Gasteiger partial charge in [-0.15, -0.1) is 0 Å². The molecule has 0 saturated carbocycles. The molecule has 0 spiro atoms. The normalized spacial score (nSPS) is 19.1. The van der Waals surface area contributed by atoms with E-state index in [0.29, 0.717) is 5.92 Å². The summed E-state index contributed by atoms with van der Waals surface area (Å²) in [6.45, 7) is 9.41. The van der Waals surface area contributed by atoms with Gasteiger partial charge in [0.15, 0.2) is 0 Å². The molecule has 1 unspecified atom stereocenters. The Hall–Kier alpha value is -1.97. The van der Waals surface area contributed by atoms with Crippen LogP contribution < -0.4 is 0 Å². The van der Waals surface area contributed by atoms with Crippen LogP contribution >= 0.6 is 0 Å².